The molecule has 1 aromatic rings. The van der Waals surface area contributed by atoms with Crippen molar-refractivity contribution in [2.45, 2.75) is 5.75 Å². The molecule has 7 nitrogen and oxygen atoms in total. The molecule has 0 atom stereocenters. The Balaban J connectivity index is 2.19. The van der Waals surface area contributed by atoms with Crippen LogP contribution in [0.2, 0.25) is 0 Å². The topological polar surface area (TPSA) is 113 Å². The fraction of sp³-hybridized carbons (Fsp3) is 0.500. The number of rotatable bonds is 5. The molecule has 1 aliphatic heterocycles. The number of anilines is 1. The summed E-state index contributed by atoms with van der Waals surface area (Å²) in [5.74, 6) is -0.232. The van der Waals surface area contributed by atoms with Crippen molar-refractivity contribution in [3.8, 4) is 11.5 Å². The van der Waals surface area contributed by atoms with E-state index in [1.165, 1.54) is 12.1 Å². The number of sulfone groups is 2. The number of hydrogen-bond donors (Lipinski definition) is 1. The van der Waals surface area contributed by atoms with Crippen molar-refractivity contribution in [1.82, 2.24) is 0 Å². The number of hydrogen-bond acceptors (Lipinski definition) is 7. The summed E-state index contributed by atoms with van der Waals surface area (Å²) in [5.41, 5.74) is 6.48. The van der Waals surface area contributed by atoms with Crippen molar-refractivity contribution in [3.05, 3.63) is 17.7 Å². The average Bonchev–Trinajstić information content (AvgIpc) is 2.36. The SMILES string of the molecule is CS(=O)(=O)CCS(=O)(=O)Cc1cc2c(cc1N)OCCO2. The van der Waals surface area contributed by atoms with Crippen molar-refractivity contribution in [2.24, 2.45) is 0 Å². The molecule has 0 saturated heterocycles. The number of fused-ring (bicyclic) bond motifs is 1. The molecular weight excluding hydrogens is 318 g/mol. The molecule has 2 N–H and O–H groups in total. The summed E-state index contributed by atoms with van der Waals surface area (Å²) in [7, 11) is -6.90. The first-order valence-corrected chi connectivity index (χ1v) is 10.1. The molecule has 0 fully saturated rings. The molecule has 0 radical (unpaired) electrons. The van der Waals surface area contributed by atoms with E-state index >= 15 is 0 Å². The van der Waals surface area contributed by atoms with Gasteiger partial charge in [-0.1, -0.05) is 0 Å². The standard InChI is InChI=1S/C12H17NO6S2/c1-20(14,15)4-5-21(16,17)8-9-6-11-12(7-10(9)13)19-3-2-18-11/h6-7H,2-5,8,13H2,1H3. The summed E-state index contributed by atoms with van der Waals surface area (Å²) in [6.07, 6.45) is 1.00. The highest BCUT2D eigenvalue weighted by Crippen LogP contribution is 2.35. The lowest BCUT2D eigenvalue weighted by Gasteiger charge is -2.20. The van der Waals surface area contributed by atoms with Crippen molar-refractivity contribution in [1.29, 1.82) is 0 Å². The minimum Gasteiger partial charge on any atom is -0.486 e. The van der Waals surface area contributed by atoms with Gasteiger partial charge in [-0.25, -0.2) is 16.8 Å². The quantitative estimate of drug-likeness (QED) is 0.753. The third-order valence-corrected chi connectivity index (χ3v) is 5.73. The van der Waals surface area contributed by atoms with Crippen molar-refractivity contribution in [2.75, 3.05) is 36.7 Å². The highest BCUT2D eigenvalue weighted by atomic mass is 32.2. The largest absolute Gasteiger partial charge is 0.486 e. The Morgan fingerprint density at radius 2 is 1.62 bits per heavy atom. The zero-order valence-electron chi connectivity index (χ0n) is 11.5. The van der Waals surface area contributed by atoms with Crippen LogP contribution in [0.15, 0.2) is 12.1 Å². The van der Waals surface area contributed by atoms with Crippen LogP contribution in [0.25, 0.3) is 0 Å². The van der Waals surface area contributed by atoms with Crippen LogP contribution in [0, 0.1) is 0 Å². The molecule has 0 bridgehead atoms. The number of nitrogens with two attached hydrogens (primary N) is 1. The van der Waals surface area contributed by atoms with Gasteiger partial charge in [0, 0.05) is 18.0 Å². The Kier molecular flexibility index (Phi) is 4.33. The Hall–Kier alpha value is -1.48. The highest BCUT2D eigenvalue weighted by Gasteiger charge is 2.20. The molecular formula is C12H17NO6S2. The van der Waals surface area contributed by atoms with Gasteiger partial charge in [-0.3, -0.25) is 0 Å². The summed E-state index contributed by atoms with van der Waals surface area (Å²) in [4.78, 5) is 0. The second-order valence-electron chi connectivity index (χ2n) is 4.92. The summed E-state index contributed by atoms with van der Waals surface area (Å²) in [6, 6.07) is 3.05. The summed E-state index contributed by atoms with van der Waals surface area (Å²) < 4.78 is 56.8. The molecule has 1 aromatic carbocycles. The molecule has 0 aliphatic carbocycles. The summed E-state index contributed by atoms with van der Waals surface area (Å²) in [6.45, 7) is 0.801. The van der Waals surface area contributed by atoms with Gasteiger partial charge in [0.15, 0.2) is 21.3 Å². The van der Waals surface area contributed by atoms with Gasteiger partial charge < -0.3 is 15.2 Å². The first kappa shape index (κ1) is 15.9. The second kappa shape index (κ2) is 5.72. The normalized spacial score (nSPS) is 14.9. The fourth-order valence-electron chi connectivity index (χ4n) is 1.86. The van der Waals surface area contributed by atoms with Crippen LogP contribution in [0.5, 0.6) is 11.5 Å². The van der Waals surface area contributed by atoms with Gasteiger partial charge in [-0.05, 0) is 11.6 Å². The molecule has 0 amide bonds. The zero-order chi connectivity index (χ0) is 15.7. The van der Waals surface area contributed by atoms with E-state index in [0.717, 1.165) is 6.26 Å². The fourth-order valence-corrected chi connectivity index (χ4v) is 4.95. The number of ether oxygens (including phenoxy) is 2. The van der Waals surface area contributed by atoms with E-state index in [4.69, 9.17) is 15.2 Å². The van der Waals surface area contributed by atoms with E-state index in [1.54, 1.807) is 0 Å². The lowest BCUT2D eigenvalue weighted by atomic mass is 10.2. The van der Waals surface area contributed by atoms with Gasteiger partial charge in [-0.2, -0.15) is 0 Å². The van der Waals surface area contributed by atoms with Gasteiger partial charge in [0.2, 0.25) is 0 Å². The van der Waals surface area contributed by atoms with Crippen LogP contribution >= 0.6 is 0 Å². The van der Waals surface area contributed by atoms with Crippen molar-refractivity contribution < 1.29 is 26.3 Å². The molecule has 0 unspecified atom stereocenters. The Morgan fingerprint density at radius 3 is 2.19 bits per heavy atom. The van der Waals surface area contributed by atoms with Crippen LogP contribution in [-0.2, 0) is 25.4 Å². The van der Waals surface area contributed by atoms with Gasteiger partial charge in [0.05, 0.1) is 17.3 Å². The maximum atomic E-state index is 12.0. The minimum absolute atomic E-state index is 0.280. The van der Waals surface area contributed by atoms with Gasteiger partial charge in [-0.15, -0.1) is 0 Å². The van der Waals surface area contributed by atoms with Crippen LogP contribution in [0.4, 0.5) is 5.69 Å². The smallest absolute Gasteiger partial charge is 0.163 e. The van der Waals surface area contributed by atoms with Crippen LogP contribution in [0.3, 0.4) is 0 Å². The van der Waals surface area contributed by atoms with Crippen molar-refractivity contribution >= 4 is 25.4 Å². The summed E-state index contributed by atoms with van der Waals surface area (Å²) in [5, 5.41) is 0. The van der Waals surface area contributed by atoms with Gasteiger partial charge in [0.1, 0.15) is 23.1 Å². The van der Waals surface area contributed by atoms with E-state index in [-0.39, 0.29) is 11.4 Å². The van der Waals surface area contributed by atoms with E-state index in [2.05, 4.69) is 0 Å². The average molecular weight is 335 g/mol. The van der Waals surface area contributed by atoms with E-state index in [0.29, 0.717) is 30.3 Å². The Morgan fingerprint density at radius 1 is 1.05 bits per heavy atom. The maximum absolute atomic E-state index is 12.0. The number of nitrogen functional groups attached to an aromatic ring is 1. The van der Waals surface area contributed by atoms with Crippen LogP contribution < -0.4 is 15.2 Å². The van der Waals surface area contributed by atoms with E-state index < -0.39 is 31.2 Å². The zero-order valence-corrected chi connectivity index (χ0v) is 13.2. The van der Waals surface area contributed by atoms with E-state index in [9.17, 15) is 16.8 Å². The van der Waals surface area contributed by atoms with Crippen LogP contribution in [-0.4, -0.2) is 47.8 Å². The third-order valence-electron chi connectivity index (χ3n) is 2.94. The first-order chi connectivity index (χ1) is 9.66. The Bertz CT molecular complexity index is 739. The Labute approximate surface area is 123 Å². The minimum atomic E-state index is -3.57. The molecule has 21 heavy (non-hydrogen) atoms. The molecule has 1 aliphatic rings. The second-order valence-corrected chi connectivity index (χ2v) is 9.36. The molecule has 0 aromatic heterocycles. The first-order valence-electron chi connectivity index (χ1n) is 6.22. The van der Waals surface area contributed by atoms with Crippen LogP contribution in [0.1, 0.15) is 5.56 Å². The highest BCUT2D eigenvalue weighted by molar-refractivity contribution is 7.94. The molecule has 2 rings (SSSR count). The molecule has 0 saturated carbocycles. The van der Waals surface area contributed by atoms with Gasteiger partial charge in [0.25, 0.3) is 0 Å². The summed E-state index contributed by atoms with van der Waals surface area (Å²) >= 11 is 0. The van der Waals surface area contributed by atoms with Gasteiger partial charge >= 0.3 is 0 Å². The molecule has 0 spiro atoms. The monoisotopic (exact) mass is 335 g/mol. The third kappa shape index (κ3) is 4.50. The molecule has 118 valence electrons. The maximum Gasteiger partial charge on any atom is 0.163 e. The predicted octanol–water partition coefficient (Wildman–Crippen LogP) is -0.000600. The molecule has 9 heteroatoms. The molecule has 1 heterocycles. The van der Waals surface area contributed by atoms with E-state index in [1.807, 2.05) is 0 Å². The predicted molar refractivity (Wildman–Crippen MR) is 79.0 cm³/mol. The van der Waals surface area contributed by atoms with Crippen molar-refractivity contribution in [3.63, 3.8) is 0 Å². The lowest BCUT2D eigenvalue weighted by Crippen LogP contribution is -2.19. The lowest BCUT2D eigenvalue weighted by molar-refractivity contribution is 0.171. The number of benzene rings is 1.